The van der Waals surface area contributed by atoms with Gasteiger partial charge < -0.3 is 4.74 Å². The largest absolute Gasteiger partial charge is 0.367 e. The second-order valence-corrected chi connectivity index (χ2v) is 5.43. The quantitative estimate of drug-likeness (QED) is 0.756. The number of Topliss-reactive ketones (excluding diaryl/α,β-unsaturated/α-hetero) is 1. The molecule has 88 valence electrons. The molecule has 1 saturated heterocycles. The SMILES string of the molecule is CC1CCC(C(=O)c2csc3ccccc23)O1. The van der Waals surface area contributed by atoms with Crippen LogP contribution in [0, 0.1) is 0 Å². The number of hydrogen-bond donors (Lipinski definition) is 0. The molecule has 1 fully saturated rings. The van der Waals surface area contributed by atoms with Crippen molar-refractivity contribution in [3.05, 3.63) is 35.2 Å². The van der Waals surface area contributed by atoms with Crippen LogP contribution in [0.3, 0.4) is 0 Å². The van der Waals surface area contributed by atoms with Crippen LogP contribution in [0.5, 0.6) is 0 Å². The molecule has 1 aliphatic rings. The van der Waals surface area contributed by atoms with E-state index in [1.165, 1.54) is 4.70 Å². The standard InChI is InChI=1S/C14H14O2S/c1-9-6-7-12(16-9)14(15)11-8-17-13-5-3-2-4-10(11)13/h2-5,8-9,12H,6-7H2,1H3. The van der Waals surface area contributed by atoms with Gasteiger partial charge in [-0.1, -0.05) is 18.2 Å². The molecule has 2 nitrogen and oxygen atoms in total. The molecule has 2 unspecified atom stereocenters. The monoisotopic (exact) mass is 246 g/mol. The van der Waals surface area contributed by atoms with E-state index in [1.54, 1.807) is 11.3 Å². The van der Waals surface area contributed by atoms with E-state index in [9.17, 15) is 4.79 Å². The van der Waals surface area contributed by atoms with Crippen molar-refractivity contribution in [1.29, 1.82) is 0 Å². The molecular weight excluding hydrogens is 232 g/mol. The van der Waals surface area contributed by atoms with Gasteiger partial charge in [0.25, 0.3) is 0 Å². The van der Waals surface area contributed by atoms with Gasteiger partial charge in [-0.25, -0.2) is 0 Å². The normalized spacial score (nSPS) is 24.3. The Morgan fingerprint density at radius 2 is 2.18 bits per heavy atom. The van der Waals surface area contributed by atoms with Crippen molar-refractivity contribution < 1.29 is 9.53 Å². The van der Waals surface area contributed by atoms with Gasteiger partial charge in [0.05, 0.1) is 6.10 Å². The van der Waals surface area contributed by atoms with Crippen LogP contribution in [0.2, 0.25) is 0 Å². The van der Waals surface area contributed by atoms with Gasteiger partial charge in [-0.15, -0.1) is 11.3 Å². The lowest BCUT2D eigenvalue weighted by atomic mass is 10.0. The molecule has 1 aromatic heterocycles. The molecule has 1 aliphatic heterocycles. The number of fused-ring (bicyclic) bond motifs is 1. The highest BCUT2D eigenvalue weighted by Gasteiger charge is 2.30. The van der Waals surface area contributed by atoms with Gasteiger partial charge in [0.2, 0.25) is 0 Å². The Morgan fingerprint density at radius 3 is 2.94 bits per heavy atom. The lowest BCUT2D eigenvalue weighted by Crippen LogP contribution is -2.20. The Bertz CT molecular complexity index is 558. The minimum atomic E-state index is -0.233. The zero-order valence-electron chi connectivity index (χ0n) is 9.68. The molecule has 3 heteroatoms. The van der Waals surface area contributed by atoms with Crippen LogP contribution in [0.15, 0.2) is 29.6 Å². The number of carbonyl (C=O) groups is 1. The first-order valence-corrected chi connectivity index (χ1v) is 6.79. The van der Waals surface area contributed by atoms with Gasteiger partial charge in [-0.3, -0.25) is 4.79 Å². The number of carbonyl (C=O) groups excluding carboxylic acids is 1. The molecule has 17 heavy (non-hydrogen) atoms. The minimum absolute atomic E-state index is 0.145. The second-order valence-electron chi connectivity index (χ2n) is 4.52. The first kappa shape index (κ1) is 10.9. The molecule has 2 aromatic rings. The molecule has 0 spiro atoms. The second kappa shape index (κ2) is 4.24. The van der Waals surface area contributed by atoms with Crippen molar-refractivity contribution in [3.63, 3.8) is 0 Å². The van der Waals surface area contributed by atoms with Crippen LogP contribution in [-0.4, -0.2) is 18.0 Å². The molecule has 2 atom stereocenters. The van der Waals surface area contributed by atoms with E-state index in [0.717, 1.165) is 23.8 Å². The van der Waals surface area contributed by atoms with Crippen molar-refractivity contribution in [2.24, 2.45) is 0 Å². The Hall–Kier alpha value is -1.19. The topological polar surface area (TPSA) is 26.3 Å². The third-order valence-corrected chi connectivity index (χ3v) is 4.23. The van der Waals surface area contributed by atoms with Crippen molar-refractivity contribution >= 4 is 27.2 Å². The summed E-state index contributed by atoms with van der Waals surface area (Å²) in [5, 5.41) is 3.02. The molecule has 0 bridgehead atoms. The van der Waals surface area contributed by atoms with E-state index in [0.29, 0.717) is 0 Å². The predicted molar refractivity (Wildman–Crippen MR) is 69.7 cm³/mol. The third kappa shape index (κ3) is 1.90. The first-order valence-electron chi connectivity index (χ1n) is 5.91. The van der Waals surface area contributed by atoms with E-state index >= 15 is 0 Å². The summed E-state index contributed by atoms with van der Waals surface area (Å²) in [7, 11) is 0. The van der Waals surface area contributed by atoms with E-state index in [-0.39, 0.29) is 18.0 Å². The van der Waals surface area contributed by atoms with Crippen LogP contribution in [0.25, 0.3) is 10.1 Å². The molecule has 0 aliphatic carbocycles. The van der Waals surface area contributed by atoms with Crippen molar-refractivity contribution in [3.8, 4) is 0 Å². The van der Waals surface area contributed by atoms with Gasteiger partial charge >= 0.3 is 0 Å². The lowest BCUT2D eigenvalue weighted by molar-refractivity contribution is 0.0435. The number of benzene rings is 1. The highest BCUT2D eigenvalue weighted by atomic mass is 32.1. The van der Waals surface area contributed by atoms with Crippen molar-refractivity contribution in [2.75, 3.05) is 0 Å². The summed E-state index contributed by atoms with van der Waals surface area (Å²) < 4.78 is 6.82. The number of ketones is 1. The summed E-state index contributed by atoms with van der Waals surface area (Å²) in [5.41, 5.74) is 0.824. The molecule has 3 rings (SSSR count). The highest BCUT2D eigenvalue weighted by molar-refractivity contribution is 7.17. The summed E-state index contributed by atoms with van der Waals surface area (Å²) >= 11 is 1.63. The molecule has 0 amide bonds. The number of rotatable bonds is 2. The fourth-order valence-electron chi connectivity index (χ4n) is 2.34. The van der Waals surface area contributed by atoms with E-state index in [1.807, 2.05) is 30.5 Å². The van der Waals surface area contributed by atoms with Crippen molar-refractivity contribution in [1.82, 2.24) is 0 Å². The van der Waals surface area contributed by atoms with Crippen LogP contribution in [0.1, 0.15) is 30.1 Å². The fraction of sp³-hybridized carbons (Fsp3) is 0.357. The molecule has 2 heterocycles. The summed E-state index contributed by atoms with van der Waals surface area (Å²) in [6.45, 7) is 2.03. The van der Waals surface area contributed by atoms with Gasteiger partial charge in [-0.2, -0.15) is 0 Å². The average Bonchev–Trinajstić information content (AvgIpc) is 2.94. The number of hydrogen-bond acceptors (Lipinski definition) is 3. The summed E-state index contributed by atoms with van der Waals surface area (Å²) in [6, 6.07) is 8.04. The Balaban J connectivity index is 1.96. The summed E-state index contributed by atoms with van der Waals surface area (Å²) in [6.07, 6.45) is 1.82. The summed E-state index contributed by atoms with van der Waals surface area (Å²) in [5.74, 6) is 0.145. The lowest BCUT2D eigenvalue weighted by Gasteiger charge is -2.09. The molecule has 1 aromatic carbocycles. The third-order valence-electron chi connectivity index (χ3n) is 3.27. The van der Waals surface area contributed by atoms with Gasteiger partial charge in [0.15, 0.2) is 5.78 Å². The van der Waals surface area contributed by atoms with E-state index < -0.39 is 0 Å². The average molecular weight is 246 g/mol. The smallest absolute Gasteiger partial charge is 0.193 e. The summed E-state index contributed by atoms with van der Waals surface area (Å²) in [4.78, 5) is 12.3. The predicted octanol–water partition coefficient (Wildman–Crippen LogP) is 3.65. The van der Waals surface area contributed by atoms with Crippen LogP contribution in [0.4, 0.5) is 0 Å². The molecule has 0 radical (unpaired) electrons. The maximum atomic E-state index is 12.3. The Kier molecular flexibility index (Phi) is 2.73. The highest BCUT2D eigenvalue weighted by Crippen LogP contribution is 2.30. The number of ether oxygens (including phenoxy) is 1. The van der Waals surface area contributed by atoms with Crippen LogP contribution >= 0.6 is 11.3 Å². The van der Waals surface area contributed by atoms with Crippen LogP contribution in [-0.2, 0) is 4.74 Å². The Labute approximate surface area is 104 Å². The van der Waals surface area contributed by atoms with Gasteiger partial charge in [-0.05, 0) is 25.8 Å². The number of thiophene rings is 1. The fourth-order valence-corrected chi connectivity index (χ4v) is 3.29. The van der Waals surface area contributed by atoms with Crippen molar-refractivity contribution in [2.45, 2.75) is 32.0 Å². The first-order chi connectivity index (χ1) is 8.25. The molecule has 0 N–H and O–H groups in total. The molecular formula is C14H14O2S. The maximum Gasteiger partial charge on any atom is 0.193 e. The van der Waals surface area contributed by atoms with E-state index in [2.05, 4.69) is 6.07 Å². The Morgan fingerprint density at radius 1 is 1.35 bits per heavy atom. The minimum Gasteiger partial charge on any atom is -0.367 e. The van der Waals surface area contributed by atoms with Crippen LogP contribution < -0.4 is 0 Å². The zero-order valence-corrected chi connectivity index (χ0v) is 10.5. The van der Waals surface area contributed by atoms with E-state index in [4.69, 9.17) is 4.74 Å². The van der Waals surface area contributed by atoms with Gasteiger partial charge in [0.1, 0.15) is 6.10 Å². The zero-order chi connectivity index (χ0) is 11.8. The maximum absolute atomic E-state index is 12.3. The van der Waals surface area contributed by atoms with Gasteiger partial charge in [0, 0.05) is 21.0 Å². The molecule has 0 saturated carbocycles.